The summed E-state index contributed by atoms with van der Waals surface area (Å²) in [6.45, 7) is 3.69. The molecule has 2 aromatic rings. The van der Waals surface area contributed by atoms with Crippen LogP contribution in [0.15, 0.2) is 30.3 Å². The van der Waals surface area contributed by atoms with Gasteiger partial charge in [0.1, 0.15) is 10.8 Å². The second kappa shape index (κ2) is 6.41. The van der Waals surface area contributed by atoms with Crippen LogP contribution in [0.4, 0.5) is 9.80 Å². The second-order valence-corrected chi connectivity index (χ2v) is 5.53. The molecular weight excluding hydrogens is 290 g/mol. The normalized spacial score (nSPS) is 10.0. The first-order valence-electron chi connectivity index (χ1n) is 6.25. The Kier molecular flexibility index (Phi) is 4.59. The zero-order valence-electron chi connectivity index (χ0n) is 11.9. The van der Waals surface area contributed by atoms with E-state index in [1.54, 1.807) is 24.3 Å². The predicted octanol–water partition coefficient (Wildman–Crippen LogP) is 3.76. The number of carbonyl (C=O) groups is 2. The molecule has 0 unspecified atom stereocenters. The van der Waals surface area contributed by atoms with Crippen LogP contribution in [0.3, 0.4) is 0 Å². The summed E-state index contributed by atoms with van der Waals surface area (Å²) in [5, 5.41) is 3.02. The molecule has 1 aromatic carbocycles. The quantitative estimate of drug-likeness (QED) is 0.877. The van der Waals surface area contributed by atoms with Gasteiger partial charge in [-0.05, 0) is 31.5 Å². The van der Waals surface area contributed by atoms with Gasteiger partial charge in [0.15, 0.2) is 0 Å². The highest BCUT2D eigenvalue weighted by atomic mass is 32.1. The van der Waals surface area contributed by atoms with E-state index in [9.17, 15) is 9.59 Å². The van der Waals surface area contributed by atoms with Gasteiger partial charge in [0.2, 0.25) is 0 Å². The summed E-state index contributed by atoms with van der Waals surface area (Å²) >= 11 is 1.31. The summed E-state index contributed by atoms with van der Waals surface area (Å²) in [7, 11) is 1.31. The van der Waals surface area contributed by atoms with E-state index in [-0.39, 0.29) is 0 Å². The van der Waals surface area contributed by atoms with E-state index in [0.717, 1.165) is 10.4 Å². The topological polar surface area (TPSA) is 64.6 Å². The van der Waals surface area contributed by atoms with E-state index in [0.29, 0.717) is 16.3 Å². The molecule has 21 heavy (non-hydrogen) atoms. The number of rotatable bonds is 3. The largest absolute Gasteiger partial charge is 0.465 e. The van der Waals surface area contributed by atoms with Crippen molar-refractivity contribution in [3.05, 3.63) is 46.3 Å². The number of benzene rings is 1. The molecule has 0 saturated carbocycles. The van der Waals surface area contributed by atoms with Gasteiger partial charge in [-0.3, -0.25) is 5.32 Å². The SMILES string of the molecule is COC(=O)c1c(NC(=O)Oc2ccccc2)sc(C)c1C. The molecule has 0 saturated heterocycles. The average molecular weight is 305 g/mol. The summed E-state index contributed by atoms with van der Waals surface area (Å²) in [5.41, 5.74) is 1.16. The van der Waals surface area contributed by atoms with Crippen LogP contribution in [0.1, 0.15) is 20.8 Å². The van der Waals surface area contributed by atoms with E-state index in [2.05, 4.69) is 5.32 Å². The molecule has 1 aromatic heterocycles. The molecular formula is C15H15NO4S. The number of para-hydroxylation sites is 1. The van der Waals surface area contributed by atoms with E-state index >= 15 is 0 Å². The number of nitrogens with one attached hydrogen (secondary N) is 1. The van der Waals surface area contributed by atoms with Crippen LogP contribution in [0.5, 0.6) is 5.75 Å². The smallest absolute Gasteiger partial charge is 0.417 e. The molecule has 2 rings (SSSR count). The molecule has 0 fully saturated rings. The van der Waals surface area contributed by atoms with Crippen molar-refractivity contribution >= 4 is 28.4 Å². The zero-order valence-corrected chi connectivity index (χ0v) is 12.7. The van der Waals surface area contributed by atoms with Crippen molar-refractivity contribution in [3.63, 3.8) is 0 Å². The Bertz CT molecular complexity index is 664. The zero-order chi connectivity index (χ0) is 15.4. The molecule has 0 bridgehead atoms. The van der Waals surface area contributed by atoms with Gasteiger partial charge in [0.05, 0.1) is 12.7 Å². The highest BCUT2D eigenvalue weighted by Gasteiger charge is 2.22. The number of amides is 1. The number of hydrogen-bond acceptors (Lipinski definition) is 5. The number of carbonyl (C=O) groups excluding carboxylic acids is 2. The Hall–Kier alpha value is -2.34. The number of thiophene rings is 1. The third-order valence-corrected chi connectivity index (χ3v) is 4.07. The van der Waals surface area contributed by atoms with E-state index in [1.807, 2.05) is 19.9 Å². The first kappa shape index (κ1) is 15.1. The van der Waals surface area contributed by atoms with Gasteiger partial charge in [-0.25, -0.2) is 9.59 Å². The molecule has 0 atom stereocenters. The highest BCUT2D eigenvalue weighted by molar-refractivity contribution is 7.16. The monoisotopic (exact) mass is 305 g/mol. The number of methoxy groups -OCH3 is 1. The molecule has 1 N–H and O–H groups in total. The maximum absolute atomic E-state index is 11.9. The summed E-state index contributed by atoms with van der Waals surface area (Å²) in [6.07, 6.45) is -0.646. The third-order valence-electron chi connectivity index (χ3n) is 2.94. The Labute approximate surface area is 126 Å². The maximum Gasteiger partial charge on any atom is 0.417 e. The second-order valence-electron chi connectivity index (χ2n) is 4.31. The van der Waals surface area contributed by atoms with Crippen molar-refractivity contribution in [2.24, 2.45) is 0 Å². The van der Waals surface area contributed by atoms with Crippen LogP contribution in [0.2, 0.25) is 0 Å². The lowest BCUT2D eigenvalue weighted by Gasteiger charge is -2.07. The summed E-state index contributed by atoms with van der Waals surface area (Å²) in [6, 6.07) is 8.70. The standard InChI is InChI=1S/C15H15NO4S/c1-9-10(2)21-13(12(9)14(17)19-3)16-15(18)20-11-7-5-4-6-8-11/h4-8H,1-3H3,(H,16,18). The number of anilines is 1. The number of hydrogen-bond donors (Lipinski definition) is 1. The van der Waals surface area contributed by atoms with Crippen molar-refractivity contribution in [3.8, 4) is 5.75 Å². The Balaban J connectivity index is 2.18. The lowest BCUT2D eigenvalue weighted by atomic mass is 10.1. The molecule has 0 spiro atoms. The summed E-state index contributed by atoms with van der Waals surface area (Å²) in [4.78, 5) is 24.6. The van der Waals surface area contributed by atoms with Gasteiger partial charge in [-0.2, -0.15) is 0 Å². The number of esters is 1. The molecule has 5 nitrogen and oxygen atoms in total. The van der Waals surface area contributed by atoms with Crippen LogP contribution in [-0.2, 0) is 4.74 Å². The maximum atomic E-state index is 11.9. The molecule has 6 heteroatoms. The van der Waals surface area contributed by atoms with Gasteiger partial charge >= 0.3 is 12.1 Å². The van der Waals surface area contributed by atoms with Crippen molar-refractivity contribution in [2.75, 3.05) is 12.4 Å². The third kappa shape index (κ3) is 3.41. The van der Waals surface area contributed by atoms with Crippen molar-refractivity contribution in [2.45, 2.75) is 13.8 Å². The summed E-state index contributed by atoms with van der Waals surface area (Å²) < 4.78 is 9.89. The van der Waals surface area contributed by atoms with Crippen molar-refractivity contribution in [1.82, 2.24) is 0 Å². The van der Waals surface area contributed by atoms with Crippen LogP contribution in [-0.4, -0.2) is 19.2 Å². The molecule has 1 amide bonds. The molecule has 110 valence electrons. The molecule has 0 aliphatic heterocycles. The fourth-order valence-corrected chi connectivity index (χ4v) is 2.81. The first-order valence-corrected chi connectivity index (χ1v) is 7.06. The van der Waals surface area contributed by atoms with Crippen LogP contribution in [0.25, 0.3) is 0 Å². The van der Waals surface area contributed by atoms with Crippen molar-refractivity contribution in [1.29, 1.82) is 0 Å². The lowest BCUT2D eigenvalue weighted by Crippen LogP contribution is -2.18. The van der Waals surface area contributed by atoms with E-state index in [4.69, 9.17) is 9.47 Å². The fourth-order valence-electron chi connectivity index (χ4n) is 1.78. The van der Waals surface area contributed by atoms with Gasteiger partial charge in [0, 0.05) is 4.88 Å². The lowest BCUT2D eigenvalue weighted by molar-refractivity contribution is 0.0601. The van der Waals surface area contributed by atoms with Crippen LogP contribution in [0, 0.1) is 13.8 Å². The molecule has 1 heterocycles. The van der Waals surface area contributed by atoms with Gasteiger partial charge in [-0.1, -0.05) is 18.2 Å². The van der Waals surface area contributed by atoms with Gasteiger partial charge in [-0.15, -0.1) is 11.3 Å². The van der Waals surface area contributed by atoms with Gasteiger partial charge in [0.25, 0.3) is 0 Å². The van der Waals surface area contributed by atoms with E-state index in [1.165, 1.54) is 18.4 Å². The summed E-state index contributed by atoms with van der Waals surface area (Å²) in [5.74, 6) is -0.0496. The Morgan fingerprint density at radius 3 is 2.43 bits per heavy atom. The minimum Gasteiger partial charge on any atom is -0.465 e. The van der Waals surface area contributed by atoms with Gasteiger partial charge < -0.3 is 9.47 Å². The number of ether oxygens (including phenoxy) is 2. The van der Waals surface area contributed by atoms with Crippen molar-refractivity contribution < 1.29 is 19.1 Å². The first-order chi connectivity index (χ1) is 10.0. The van der Waals surface area contributed by atoms with Crippen LogP contribution < -0.4 is 10.1 Å². The Morgan fingerprint density at radius 1 is 1.14 bits per heavy atom. The molecule has 0 aliphatic carbocycles. The van der Waals surface area contributed by atoms with Crippen LogP contribution >= 0.6 is 11.3 Å². The Morgan fingerprint density at radius 2 is 1.81 bits per heavy atom. The highest BCUT2D eigenvalue weighted by Crippen LogP contribution is 2.33. The number of aryl methyl sites for hydroxylation is 1. The minimum atomic E-state index is -0.646. The fraction of sp³-hybridized carbons (Fsp3) is 0.200. The van der Waals surface area contributed by atoms with E-state index < -0.39 is 12.1 Å². The minimum absolute atomic E-state index is 0.366. The molecule has 0 radical (unpaired) electrons. The predicted molar refractivity (Wildman–Crippen MR) is 81.2 cm³/mol. The average Bonchev–Trinajstić information content (AvgIpc) is 2.74. The molecule has 0 aliphatic rings.